The van der Waals surface area contributed by atoms with Gasteiger partial charge in [-0.05, 0) is 12.5 Å². The van der Waals surface area contributed by atoms with Crippen LogP contribution in [0.4, 0.5) is 0 Å². The first-order chi connectivity index (χ1) is 10.3. The Kier molecular flexibility index (Phi) is 4.75. The highest BCUT2D eigenvalue weighted by Crippen LogP contribution is 2.23. The molecule has 0 aliphatic carbocycles. The highest BCUT2D eigenvalue weighted by molar-refractivity contribution is 7.09. The monoisotopic (exact) mass is 315 g/mol. The lowest BCUT2D eigenvalue weighted by atomic mass is 10.1. The molecule has 0 fully saturated rings. The molecule has 5 heteroatoms. The predicted octanol–water partition coefficient (Wildman–Crippen LogP) is 3.83. The molecule has 1 aromatic carbocycles. The average molecular weight is 315 g/mol. The van der Waals surface area contributed by atoms with Crippen LogP contribution < -0.4 is 5.32 Å². The number of rotatable bonds is 6. The minimum absolute atomic E-state index is 0.158. The third-order valence-electron chi connectivity index (χ3n) is 3.23. The second kappa shape index (κ2) is 6.93. The lowest BCUT2D eigenvalue weighted by Gasteiger charge is -2.16. The van der Waals surface area contributed by atoms with Crippen molar-refractivity contribution in [2.24, 2.45) is 0 Å². The van der Waals surface area contributed by atoms with Crippen molar-refractivity contribution >= 4 is 22.7 Å². The van der Waals surface area contributed by atoms with E-state index in [-0.39, 0.29) is 6.04 Å². The van der Waals surface area contributed by atoms with Crippen molar-refractivity contribution in [2.75, 3.05) is 6.54 Å². The van der Waals surface area contributed by atoms with E-state index in [4.69, 9.17) is 0 Å². The fraction of sp³-hybridized carbons (Fsp3) is 0.250. The van der Waals surface area contributed by atoms with Gasteiger partial charge in [-0.2, -0.15) is 0 Å². The first-order valence-electron chi connectivity index (χ1n) is 6.91. The van der Waals surface area contributed by atoms with E-state index >= 15 is 0 Å². The fourth-order valence-corrected chi connectivity index (χ4v) is 3.62. The van der Waals surface area contributed by atoms with Crippen molar-refractivity contribution in [3.05, 3.63) is 68.6 Å². The third kappa shape index (κ3) is 3.75. The summed E-state index contributed by atoms with van der Waals surface area (Å²) < 4.78 is 0. The number of nitrogens with one attached hydrogen (secondary N) is 1. The van der Waals surface area contributed by atoms with Gasteiger partial charge in [0.1, 0.15) is 5.01 Å². The Balaban J connectivity index is 1.68. The van der Waals surface area contributed by atoms with Crippen LogP contribution in [0.1, 0.15) is 27.3 Å². The van der Waals surface area contributed by atoms with Gasteiger partial charge in [0.2, 0.25) is 0 Å². The van der Waals surface area contributed by atoms with Crippen molar-refractivity contribution in [2.45, 2.75) is 19.4 Å². The van der Waals surface area contributed by atoms with Crippen LogP contribution in [0, 0.1) is 6.92 Å². The Bertz CT molecular complexity index is 662. The van der Waals surface area contributed by atoms with E-state index in [1.165, 1.54) is 5.56 Å². The maximum atomic E-state index is 4.51. The van der Waals surface area contributed by atoms with Crippen LogP contribution in [0.15, 0.2) is 47.3 Å². The van der Waals surface area contributed by atoms with E-state index in [1.54, 1.807) is 22.7 Å². The molecule has 3 rings (SSSR count). The molecule has 0 amide bonds. The molecule has 21 heavy (non-hydrogen) atoms. The lowest BCUT2D eigenvalue weighted by molar-refractivity contribution is 0.600. The molecule has 2 heterocycles. The van der Waals surface area contributed by atoms with Crippen LogP contribution >= 0.6 is 22.7 Å². The smallest absolute Gasteiger partial charge is 0.114 e. The summed E-state index contributed by atoms with van der Waals surface area (Å²) in [4.78, 5) is 8.97. The van der Waals surface area contributed by atoms with Gasteiger partial charge in [0, 0.05) is 29.9 Å². The SMILES string of the molecule is Cc1nc(CCNC(c2ccccc2)c2nccs2)cs1. The van der Waals surface area contributed by atoms with Gasteiger partial charge in [-0.3, -0.25) is 0 Å². The number of thiazole rings is 2. The van der Waals surface area contributed by atoms with Crippen molar-refractivity contribution in [3.8, 4) is 0 Å². The number of benzene rings is 1. The molecule has 0 saturated carbocycles. The van der Waals surface area contributed by atoms with Crippen molar-refractivity contribution in [3.63, 3.8) is 0 Å². The molecule has 0 aliphatic heterocycles. The van der Waals surface area contributed by atoms with E-state index in [9.17, 15) is 0 Å². The number of hydrogen-bond donors (Lipinski definition) is 1. The first kappa shape index (κ1) is 14.4. The summed E-state index contributed by atoms with van der Waals surface area (Å²) in [6.45, 7) is 2.94. The number of aryl methyl sites for hydroxylation is 1. The number of hydrogen-bond acceptors (Lipinski definition) is 5. The minimum Gasteiger partial charge on any atom is -0.304 e. The highest BCUT2D eigenvalue weighted by atomic mass is 32.1. The van der Waals surface area contributed by atoms with Gasteiger partial charge in [0.05, 0.1) is 16.7 Å². The quantitative estimate of drug-likeness (QED) is 0.751. The second-order valence-electron chi connectivity index (χ2n) is 4.78. The summed E-state index contributed by atoms with van der Waals surface area (Å²) in [6.07, 6.45) is 2.81. The molecule has 0 saturated heterocycles. The van der Waals surface area contributed by atoms with Gasteiger partial charge in [0.15, 0.2) is 0 Å². The summed E-state index contributed by atoms with van der Waals surface area (Å²) in [6, 6.07) is 10.6. The first-order valence-corrected chi connectivity index (χ1v) is 8.67. The number of aromatic nitrogens is 2. The third-order valence-corrected chi connectivity index (χ3v) is 4.89. The van der Waals surface area contributed by atoms with Gasteiger partial charge < -0.3 is 5.32 Å². The molecular formula is C16H17N3S2. The molecule has 1 unspecified atom stereocenters. The van der Waals surface area contributed by atoms with Crippen molar-refractivity contribution < 1.29 is 0 Å². The average Bonchev–Trinajstić information content (AvgIpc) is 3.16. The Morgan fingerprint density at radius 3 is 2.71 bits per heavy atom. The zero-order valence-corrected chi connectivity index (χ0v) is 13.5. The van der Waals surface area contributed by atoms with Crippen LogP contribution in [0.2, 0.25) is 0 Å². The van der Waals surface area contributed by atoms with Gasteiger partial charge in [0.25, 0.3) is 0 Å². The predicted molar refractivity (Wildman–Crippen MR) is 89.0 cm³/mol. The van der Waals surface area contributed by atoms with E-state index in [0.717, 1.165) is 28.7 Å². The maximum Gasteiger partial charge on any atom is 0.114 e. The normalized spacial score (nSPS) is 12.4. The van der Waals surface area contributed by atoms with Gasteiger partial charge >= 0.3 is 0 Å². The Morgan fingerprint density at radius 1 is 1.19 bits per heavy atom. The summed E-state index contributed by atoms with van der Waals surface area (Å²) in [5.74, 6) is 0. The van der Waals surface area contributed by atoms with Crippen LogP contribution in [0.25, 0.3) is 0 Å². The Morgan fingerprint density at radius 2 is 2.05 bits per heavy atom. The zero-order valence-electron chi connectivity index (χ0n) is 11.8. The Hall–Kier alpha value is -1.56. The molecule has 2 aromatic heterocycles. The summed E-state index contributed by atoms with van der Waals surface area (Å²) in [7, 11) is 0. The van der Waals surface area contributed by atoms with Crippen molar-refractivity contribution in [1.29, 1.82) is 0 Å². The molecule has 0 aliphatic rings. The summed E-state index contributed by atoms with van der Waals surface area (Å²) in [5, 5.41) is 10.0. The molecule has 1 atom stereocenters. The van der Waals surface area contributed by atoms with Gasteiger partial charge in [-0.25, -0.2) is 9.97 Å². The van der Waals surface area contributed by atoms with Crippen LogP contribution in [-0.4, -0.2) is 16.5 Å². The minimum atomic E-state index is 0.158. The molecule has 108 valence electrons. The van der Waals surface area contributed by atoms with Gasteiger partial charge in [-0.15, -0.1) is 22.7 Å². The summed E-state index contributed by atoms with van der Waals surface area (Å²) >= 11 is 3.40. The zero-order chi connectivity index (χ0) is 14.5. The molecule has 3 aromatic rings. The van der Waals surface area contributed by atoms with Crippen LogP contribution in [0.3, 0.4) is 0 Å². The van der Waals surface area contributed by atoms with Crippen LogP contribution in [-0.2, 0) is 6.42 Å². The van der Waals surface area contributed by atoms with E-state index < -0.39 is 0 Å². The fourth-order valence-electron chi connectivity index (χ4n) is 2.24. The van der Waals surface area contributed by atoms with Crippen LogP contribution in [0.5, 0.6) is 0 Å². The molecule has 0 bridgehead atoms. The Labute approximate surface area is 132 Å². The largest absolute Gasteiger partial charge is 0.304 e. The molecule has 0 radical (unpaired) electrons. The molecule has 1 N–H and O–H groups in total. The summed E-state index contributed by atoms with van der Waals surface area (Å²) in [5.41, 5.74) is 2.41. The molecule has 3 nitrogen and oxygen atoms in total. The lowest BCUT2D eigenvalue weighted by Crippen LogP contribution is -2.24. The molecule has 0 spiro atoms. The topological polar surface area (TPSA) is 37.8 Å². The van der Waals surface area contributed by atoms with Crippen molar-refractivity contribution in [1.82, 2.24) is 15.3 Å². The number of nitrogens with zero attached hydrogens (tertiary/aromatic N) is 2. The second-order valence-corrected chi connectivity index (χ2v) is 6.76. The van der Waals surface area contributed by atoms with Gasteiger partial charge in [-0.1, -0.05) is 30.3 Å². The van der Waals surface area contributed by atoms with E-state index in [1.807, 2.05) is 24.6 Å². The standard InChI is InChI=1S/C16H17N3S2/c1-12-19-14(11-21-12)7-8-17-15(16-18-9-10-20-16)13-5-3-2-4-6-13/h2-6,9-11,15,17H,7-8H2,1H3. The molecular weight excluding hydrogens is 298 g/mol. The van der Waals surface area contributed by atoms with E-state index in [2.05, 4.69) is 44.9 Å². The maximum absolute atomic E-state index is 4.51. The highest BCUT2D eigenvalue weighted by Gasteiger charge is 2.15. The van der Waals surface area contributed by atoms with E-state index in [0.29, 0.717) is 0 Å².